The van der Waals surface area contributed by atoms with Gasteiger partial charge in [-0.15, -0.1) is 0 Å². The maximum absolute atomic E-state index is 13.9. The Morgan fingerprint density at radius 1 is 1.25 bits per heavy atom. The first kappa shape index (κ1) is 25.0. The van der Waals surface area contributed by atoms with Crippen molar-refractivity contribution < 1.29 is 29.0 Å². The molecule has 0 aromatic heterocycles. The minimum atomic E-state index is -1.07. The van der Waals surface area contributed by atoms with Crippen molar-refractivity contribution in [3.63, 3.8) is 0 Å². The van der Waals surface area contributed by atoms with Crippen molar-refractivity contribution in [1.29, 1.82) is 0 Å². The minimum absolute atomic E-state index is 0.0621. The van der Waals surface area contributed by atoms with Crippen molar-refractivity contribution in [2.75, 3.05) is 19.8 Å². The van der Waals surface area contributed by atoms with Crippen LogP contribution >= 0.6 is 0 Å². The Labute approximate surface area is 191 Å². The zero-order valence-corrected chi connectivity index (χ0v) is 20.2. The summed E-state index contributed by atoms with van der Waals surface area (Å²) in [4.78, 5) is 42.0. The molecule has 8 heteroatoms. The third-order valence-electron chi connectivity index (χ3n) is 7.80. The van der Waals surface area contributed by atoms with Gasteiger partial charge in [-0.05, 0) is 38.5 Å². The Morgan fingerprint density at radius 3 is 2.53 bits per heavy atom. The highest BCUT2D eigenvalue weighted by atomic mass is 16.6. The van der Waals surface area contributed by atoms with Crippen molar-refractivity contribution in [3.05, 3.63) is 0 Å². The molecule has 3 aliphatic heterocycles. The molecule has 3 heterocycles. The zero-order chi connectivity index (χ0) is 23.7. The first-order chi connectivity index (χ1) is 15.2. The summed E-state index contributed by atoms with van der Waals surface area (Å²) < 4.78 is 12.0. The second-order valence-corrected chi connectivity index (χ2v) is 9.82. The van der Waals surface area contributed by atoms with E-state index in [1.54, 1.807) is 6.92 Å². The van der Waals surface area contributed by atoms with Crippen molar-refractivity contribution >= 4 is 17.8 Å². The summed E-state index contributed by atoms with van der Waals surface area (Å²) in [5.74, 6) is -2.53. The van der Waals surface area contributed by atoms with E-state index in [2.05, 4.69) is 12.2 Å². The number of likely N-dealkylation sites (tertiary alicyclic amines) is 1. The van der Waals surface area contributed by atoms with Gasteiger partial charge in [0.2, 0.25) is 11.8 Å². The van der Waals surface area contributed by atoms with Gasteiger partial charge in [0.05, 0.1) is 30.8 Å². The molecule has 2 amide bonds. The number of esters is 1. The molecule has 1 spiro atoms. The minimum Gasteiger partial charge on any atom is -0.466 e. The van der Waals surface area contributed by atoms with E-state index in [-0.39, 0.29) is 30.9 Å². The van der Waals surface area contributed by atoms with Crippen LogP contribution in [0.25, 0.3) is 0 Å². The van der Waals surface area contributed by atoms with Gasteiger partial charge in [0, 0.05) is 6.54 Å². The third kappa shape index (κ3) is 3.73. The van der Waals surface area contributed by atoms with Crippen molar-refractivity contribution in [1.82, 2.24) is 10.2 Å². The topological polar surface area (TPSA) is 105 Å². The molecule has 0 saturated carbocycles. The highest BCUT2D eigenvalue weighted by Gasteiger charge is 2.79. The van der Waals surface area contributed by atoms with Crippen LogP contribution in [0.1, 0.15) is 73.1 Å². The first-order valence-corrected chi connectivity index (χ1v) is 12.3. The number of aliphatic hydroxyl groups is 1. The number of nitrogens with one attached hydrogen (secondary N) is 1. The monoisotopic (exact) mass is 452 g/mol. The fourth-order valence-corrected chi connectivity index (χ4v) is 6.21. The number of amides is 2. The van der Waals surface area contributed by atoms with Crippen LogP contribution in [0.5, 0.6) is 0 Å². The average Bonchev–Trinajstić information content (AvgIpc) is 3.36. The predicted octanol–water partition coefficient (Wildman–Crippen LogP) is 2.03. The molecule has 2 unspecified atom stereocenters. The predicted molar refractivity (Wildman–Crippen MR) is 119 cm³/mol. The molecule has 8 nitrogen and oxygen atoms in total. The third-order valence-corrected chi connectivity index (χ3v) is 7.80. The van der Waals surface area contributed by atoms with Crippen LogP contribution in [0, 0.1) is 17.8 Å². The van der Waals surface area contributed by atoms with Gasteiger partial charge in [0.15, 0.2) is 0 Å². The Hall–Kier alpha value is -1.67. The SMILES string of the molecule is CCCCCNC(=O)C1N([C@@H](CO)C(C)C)C(=O)[C@@H]2[C@@H](C(=O)OCC)[C@@]3(CC)CCC12O3. The van der Waals surface area contributed by atoms with E-state index < -0.39 is 41.1 Å². The van der Waals surface area contributed by atoms with Crippen LogP contribution in [0.3, 0.4) is 0 Å². The summed E-state index contributed by atoms with van der Waals surface area (Å²) in [6.45, 7) is 10.1. The van der Waals surface area contributed by atoms with Crippen molar-refractivity contribution in [3.8, 4) is 0 Å². The molecular formula is C24H40N2O6. The van der Waals surface area contributed by atoms with E-state index in [4.69, 9.17) is 9.47 Å². The largest absolute Gasteiger partial charge is 0.466 e. The fraction of sp³-hybridized carbons (Fsp3) is 0.875. The second kappa shape index (κ2) is 9.67. The molecule has 0 radical (unpaired) electrons. The van der Waals surface area contributed by atoms with Crippen molar-refractivity contribution in [2.24, 2.45) is 17.8 Å². The lowest BCUT2D eigenvalue weighted by Gasteiger charge is -2.38. The number of hydrogen-bond acceptors (Lipinski definition) is 6. The average molecular weight is 453 g/mol. The van der Waals surface area contributed by atoms with Crippen LogP contribution in [0.15, 0.2) is 0 Å². The summed E-state index contributed by atoms with van der Waals surface area (Å²) in [6.07, 6.45) is 4.62. The van der Waals surface area contributed by atoms with Crippen LogP contribution in [-0.4, -0.2) is 70.8 Å². The molecule has 0 aromatic carbocycles. The van der Waals surface area contributed by atoms with Gasteiger partial charge in [-0.3, -0.25) is 14.4 Å². The second-order valence-electron chi connectivity index (χ2n) is 9.82. The lowest BCUT2D eigenvalue weighted by Crippen LogP contribution is -2.59. The first-order valence-electron chi connectivity index (χ1n) is 12.3. The van der Waals surface area contributed by atoms with E-state index >= 15 is 0 Å². The quantitative estimate of drug-likeness (QED) is 0.367. The molecule has 182 valence electrons. The molecule has 0 aliphatic carbocycles. The summed E-state index contributed by atoms with van der Waals surface area (Å²) >= 11 is 0. The van der Waals surface area contributed by atoms with E-state index in [9.17, 15) is 19.5 Å². The lowest BCUT2D eigenvalue weighted by atomic mass is 9.65. The van der Waals surface area contributed by atoms with E-state index in [0.717, 1.165) is 19.3 Å². The number of nitrogens with zero attached hydrogens (tertiary/aromatic N) is 1. The van der Waals surface area contributed by atoms with Crippen LogP contribution in [-0.2, 0) is 23.9 Å². The molecule has 0 aromatic rings. The molecule has 3 fully saturated rings. The summed E-state index contributed by atoms with van der Waals surface area (Å²) in [7, 11) is 0. The van der Waals surface area contributed by atoms with Gasteiger partial charge in [-0.2, -0.15) is 0 Å². The van der Waals surface area contributed by atoms with Crippen LogP contribution in [0.4, 0.5) is 0 Å². The number of rotatable bonds is 11. The summed E-state index contributed by atoms with van der Waals surface area (Å²) in [5.41, 5.74) is -1.85. The number of fused-ring (bicyclic) bond motifs is 1. The maximum atomic E-state index is 13.9. The fourth-order valence-electron chi connectivity index (χ4n) is 6.21. The highest BCUT2D eigenvalue weighted by molar-refractivity contribution is 5.98. The number of aliphatic hydroxyl groups excluding tert-OH is 1. The molecule has 3 saturated heterocycles. The molecule has 2 bridgehead atoms. The maximum Gasteiger partial charge on any atom is 0.312 e. The number of carbonyl (C=O) groups is 3. The Morgan fingerprint density at radius 2 is 1.97 bits per heavy atom. The summed E-state index contributed by atoms with van der Waals surface area (Å²) in [6, 6.07) is -1.40. The van der Waals surface area contributed by atoms with Crippen LogP contribution in [0.2, 0.25) is 0 Å². The molecule has 32 heavy (non-hydrogen) atoms. The number of carbonyl (C=O) groups excluding carboxylic acids is 3. The molecule has 3 aliphatic rings. The van der Waals surface area contributed by atoms with Crippen molar-refractivity contribution in [2.45, 2.75) is 96.4 Å². The normalized spacial score (nSPS) is 34.2. The summed E-state index contributed by atoms with van der Waals surface area (Å²) in [5, 5.41) is 13.2. The van der Waals surface area contributed by atoms with E-state index in [1.165, 1.54) is 4.90 Å². The Kier molecular flexibility index (Phi) is 7.55. The van der Waals surface area contributed by atoms with E-state index in [1.807, 2.05) is 20.8 Å². The van der Waals surface area contributed by atoms with Crippen LogP contribution < -0.4 is 5.32 Å². The van der Waals surface area contributed by atoms with E-state index in [0.29, 0.717) is 25.8 Å². The number of ether oxygens (including phenoxy) is 2. The van der Waals surface area contributed by atoms with Gasteiger partial charge >= 0.3 is 5.97 Å². The van der Waals surface area contributed by atoms with Gasteiger partial charge < -0.3 is 24.8 Å². The Bertz CT molecular complexity index is 727. The molecule has 6 atom stereocenters. The molecular weight excluding hydrogens is 412 g/mol. The highest BCUT2D eigenvalue weighted by Crippen LogP contribution is 2.64. The van der Waals surface area contributed by atoms with Gasteiger partial charge in [-0.1, -0.05) is 40.5 Å². The smallest absolute Gasteiger partial charge is 0.312 e. The van der Waals surface area contributed by atoms with Gasteiger partial charge in [0.1, 0.15) is 17.6 Å². The zero-order valence-electron chi connectivity index (χ0n) is 20.2. The van der Waals surface area contributed by atoms with Gasteiger partial charge in [-0.25, -0.2) is 0 Å². The number of unbranched alkanes of at least 4 members (excludes halogenated alkanes) is 2. The number of hydrogen-bond donors (Lipinski definition) is 2. The molecule has 3 rings (SSSR count). The van der Waals surface area contributed by atoms with Gasteiger partial charge in [0.25, 0.3) is 0 Å². The standard InChI is InChI=1S/C24H40N2O6/c1-6-9-10-13-25-20(28)19-24-12-11-23(7-2,32-24)18(22(30)31-8-3)17(24)21(29)26(19)16(14-27)15(4)5/h15-19,27H,6-14H2,1-5H3,(H,25,28)/t16-,17-,18-,19?,23+,24?/m0/s1. The lowest BCUT2D eigenvalue weighted by molar-refractivity contribution is -0.162. The Balaban J connectivity index is 2.04. The molecule has 2 N–H and O–H groups in total.